The zero-order valence-corrected chi connectivity index (χ0v) is 21.5. The van der Waals surface area contributed by atoms with Crippen molar-refractivity contribution < 1.29 is 28.9 Å². The van der Waals surface area contributed by atoms with Gasteiger partial charge in [0.15, 0.2) is 11.5 Å². The number of fused-ring (bicyclic) bond motifs is 1. The van der Waals surface area contributed by atoms with Gasteiger partial charge < -0.3 is 29.5 Å². The number of esters is 1. The van der Waals surface area contributed by atoms with Crippen LogP contribution in [0.3, 0.4) is 0 Å². The Kier molecular flexibility index (Phi) is 7.51. The number of rotatable bonds is 7. The number of carboxylic acid groups (broad SMARTS) is 1. The topological polar surface area (TPSA) is 97.3 Å². The average molecular weight is 517 g/mol. The fraction of sp³-hybridized carbons (Fsp3) is 0.333. The van der Waals surface area contributed by atoms with Crippen LogP contribution in [0.15, 0.2) is 72.8 Å². The van der Waals surface area contributed by atoms with Gasteiger partial charge in [0.2, 0.25) is 0 Å². The Hall–Kier alpha value is -4.04. The molecular formula is C30H32N2O6. The molecule has 1 saturated heterocycles. The molecule has 2 aliphatic rings. The maximum absolute atomic E-state index is 12.5. The van der Waals surface area contributed by atoms with Crippen LogP contribution in [-0.4, -0.2) is 55.5 Å². The minimum atomic E-state index is -0.966. The highest BCUT2D eigenvalue weighted by Gasteiger charge is 2.45. The van der Waals surface area contributed by atoms with Gasteiger partial charge in [-0.3, -0.25) is 0 Å². The number of amides is 1. The minimum Gasteiger partial charge on any atom is -0.486 e. The summed E-state index contributed by atoms with van der Waals surface area (Å²) in [5.74, 6) is 1.00. The van der Waals surface area contributed by atoms with Crippen LogP contribution in [0.5, 0.6) is 11.5 Å². The first-order valence-corrected chi connectivity index (χ1v) is 12.8. The van der Waals surface area contributed by atoms with E-state index in [1.807, 2.05) is 48.5 Å². The first-order valence-electron chi connectivity index (χ1n) is 12.8. The normalized spacial score (nSPS) is 21.1. The van der Waals surface area contributed by atoms with E-state index in [0.717, 1.165) is 28.2 Å². The number of benzene rings is 3. The number of carbonyl (C=O) groups excluding carboxylic acids is 1. The molecule has 2 aliphatic heterocycles. The largest absolute Gasteiger partial charge is 0.486 e. The van der Waals surface area contributed by atoms with Gasteiger partial charge in [-0.05, 0) is 36.2 Å². The van der Waals surface area contributed by atoms with Gasteiger partial charge in [-0.25, -0.2) is 9.59 Å². The average Bonchev–Trinajstić information content (AvgIpc) is 3.35. The summed E-state index contributed by atoms with van der Waals surface area (Å²) in [5, 5.41) is 13.9. The Morgan fingerprint density at radius 3 is 2.45 bits per heavy atom. The van der Waals surface area contributed by atoms with Crippen LogP contribution in [-0.2, 0) is 4.74 Å². The van der Waals surface area contributed by atoms with Crippen molar-refractivity contribution in [1.82, 2.24) is 10.2 Å². The third-order valence-corrected chi connectivity index (χ3v) is 7.52. The number of hydrogen-bond donors (Lipinski definition) is 2. The smallest absolute Gasteiger partial charge is 0.407 e. The van der Waals surface area contributed by atoms with Gasteiger partial charge in [0.25, 0.3) is 0 Å². The van der Waals surface area contributed by atoms with Gasteiger partial charge in [-0.2, -0.15) is 0 Å². The Morgan fingerprint density at radius 1 is 1.00 bits per heavy atom. The van der Waals surface area contributed by atoms with Crippen molar-refractivity contribution in [2.45, 2.75) is 24.9 Å². The number of hydrogen-bond acceptors (Lipinski definition) is 6. The predicted octanol–water partition coefficient (Wildman–Crippen LogP) is 5.03. The lowest BCUT2D eigenvalue weighted by Gasteiger charge is -2.30. The van der Waals surface area contributed by atoms with Crippen molar-refractivity contribution in [3.63, 3.8) is 0 Å². The summed E-state index contributed by atoms with van der Waals surface area (Å²) >= 11 is 0. The quantitative estimate of drug-likeness (QED) is 0.425. The molecule has 0 aromatic heterocycles. The monoisotopic (exact) mass is 516 g/mol. The molecule has 1 fully saturated rings. The van der Waals surface area contributed by atoms with Gasteiger partial charge in [0.05, 0.1) is 18.7 Å². The van der Waals surface area contributed by atoms with Crippen LogP contribution in [0.25, 0.3) is 0 Å². The molecule has 0 spiro atoms. The molecule has 3 aromatic rings. The molecule has 0 radical (unpaired) electrons. The number of methoxy groups -OCH3 is 1. The van der Waals surface area contributed by atoms with E-state index < -0.39 is 18.1 Å². The molecule has 198 valence electrons. The Balaban J connectivity index is 1.46. The summed E-state index contributed by atoms with van der Waals surface area (Å²) in [6, 6.07) is 22.5. The van der Waals surface area contributed by atoms with Crippen LogP contribution in [0.1, 0.15) is 52.0 Å². The third kappa shape index (κ3) is 5.04. The van der Waals surface area contributed by atoms with Crippen LogP contribution in [0, 0.1) is 5.92 Å². The number of ether oxygens (including phenoxy) is 3. The molecular weight excluding hydrogens is 484 g/mol. The fourth-order valence-electron chi connectivity index (χ4n) is 5.64. The van der Waals surface area contributed by atoms with Crippen molar-refractivity contribution in [1.29, 1.82) is 0 Å². The highest BCUT2D eigenvalue weighted by atomic mass is 16.6. The molecule has 0 saturated carbocycles. The van der Waals surface area contributed by atoms with E-state index in [2.05, 4.69) is 24.4 Å². The Labute approximate surface area is 222 Å². The first-order chi connectivity index (χ1) is 18.5. The van der Waals surface area contributed by atoms with E-state index in [0.29, 0.717) is 31.9 Å². The molecule has 1 amide bonds. The van der Waals surface area contributed by atoms with Crippen molar-refractivity contribution in [2.75, 3.05) is 33.4 Å². The second-order valence-corrected chi connectivity index (χ2v) is 9.68. The lowest BCUT2D eigenvalue weighted by Crippen LogP contribution is -2.34. The molecule has 0 aliphatic carbocycles. The van der Waals surface area contributed by atoms with Gasteiger partial charge in [-0.15, -0.1) is 0 Å². The van der Waals surface area contributed by atoms with E-state index >= 15 is 0 Å². The van der Waals surface area contributed by atoms with E-state index in [9.17, 15) is 14.7 Å². The molecule has 2 N–H and O–H groups in total. The molecule has 8 heteroatoms. The summed E-state index contributed by atoms with van der Waals surface area (Å²) < 4.78 is 16.5. The molecule has 8 nitrogen and oxygen atoms in total. The number of para-hydroxylation sites is 1. The van der Waals surface area contributed by atoms with Crippen LogP contribution >= 0.6 is 0 Å². The van der Waals surface area contributed by atoms with Gasteiger partial charge >= 0.3 is 12.1 Å². The molecule has 4 atom stereocenters. The standard InChI is InChI=1S/C30H32N2O6/c1-19(23-9-6-10-26-28(23)38-16-15-37-26)31-17-24-25(20-7-4-3-5-8-20)18-32(30(34)35)27(24)21-11-13-22(14-12-21)29(33)36-2/h3-14,19,24-25,27,31H,15-18H2,1-2H3,(H,34,35)/t19?,24-,25-,27?/m1/s1. The maximum atomic E-state index is 12.5. The van der Waals surface area contributed by atoms with Crippen molar-refractivity contribution in [3.8, 4) is 11.5 Å². The number of nitrogens with one attached hydrogen (secondary N) is 1. The van der Waals surface area contributed by atoms with Gasteiger partial charge in [0, 0.05) is 36.5 Å². The number of likely N-dealkylation sites (tertiary alicyclic amines) is 1. The molecule has 5 rings (SSSR count). The maximum Gasteiger partial charge on any atom is 0.407 e. The van der Waals surface area contributed by atoms with E-state index in [1.165, 1.54) is 12.0 Å². The fourth-order valence-corrected chi connectivity index (χ4v) is 5.64. The zero-order chi connectivity index (χ0) is 26.6. The highest BCUT2D eigenvalue weighted by Crippen LogP contribution is 2.46. The Bertz CT molecular complexity index is 1280. The summed E-state index contributed by atoms with van der Waals surface area (Å²) in [7, 11) is 1.34. The van der Waals surface area contributed by atoms with Crippen LogP contribution in [0.4, 0.5) is 4.79 Å². The predicted molar refractivity (Wildman–Crippen MR) is 142 cm³/mol. The van der Waals surface area contributed by atoms with Crippen molar-refractivity contribution >= 4 is 12.1 Å². The molecule has 3 aromatic carbocycles. The number of nitrogens with zero attached hydrogens (tertiary/aromatic N) is 1. The second-order valence-electron chi connectivity index (χ2n) is 9.68. The summed E-state index contributed by atoms with van der Waals surface area (Å²) in [4.78, 5) is 25.9. The number of carbonyl (C=O) groups is 2. The summed E-state index contributed by atoms with van der Waals surface area (Å²) in [6.45, 7) is 4.06. The first kappa shape index (κ1) is 25.6. The van der Waals surface area contributed by atoms with E-state index in [4.69, 9.17) is 14.2 Å². The third-order valence-electron chi connectivity index (χ3n) is 7.52. The highest BCUT2D eigenvalue weighted by molar-refractivity contribution is 5.89. The molecule has 0 bridgehead atoms. The van der Waals surface area contributed by atoms with Crippen molar-refractivity contribution in [2.24, 2.45) is 5.92 Å². The summed E-state index contributed by atoms with van der Waals surface area (Å²) in [6.07, 6.45) is -0.966. The van der Waals surface area contributed by atoms with Crippen LogP contribution < -0.4 is 14.8 Å². The molecule has 2 unspecified atom stereocenters. The van der Waals surface area contributed by atoms with Gasteiger partial charge in [-0.1, -0.05) is 54.6 Å². The van der Waals surface area contributed by atoms with Gasteiger partial charge in [0.1, 0.15) is 13.2 Å². The second kappa shape index (κ2) is 11.1. The molecule has 2 heterocycles. The van der Waals surface area contributed by atoms with E-state index in [-0.39, 0.29) is 17.9 Å². The molecule has 38 heavy (non-hydrogen) atoms. The zero-order valence-electron chi connectivity index (χ0n) is 21.5. The van der Waals surface area contributed by atoms with Crippen molar-refractivity contribution in [3.05, 3.63) is 95.1 Å². The lowest BCUT2D eigenvalue weighted by molar-refractivity contribution is 0.0600. The van der Waals surface area contributed by atoms with E-state index in [1.54, 1.807) is 12.1 Å². The summed E-state index contributed by atoms with van der Waals surface area (Å²) in [5.41, 5.74) is 3.37. The lowest BCUT2D eigenvalue weighted by atomic mass is 9.82. The Morgan fingerprint density at radius 2 is 1.74 bits per heavy atom. The SMILES string of the molecule is COC(=O)c1ccc(C2[C@H](CNC(C)c3cccc4c3OCCO4)[C@@H](c3ccccc3)CN2C(=O)O)cc1. The minimum absolute atomic E-state index is 0.0124. The van der Waals surface area contributed by atoms with Crippen LogP contribution in [0.2, 0.25) is 0 Å².